The van der Waals surface area contributed by atoms with Gasteiger partial charge in [0.25, 0.3) is 0 Å². The van der Waals surface area contributed by atoms with Gasteiger partial charge in [0.15, 0.2) is 0 Å². The summed E-state index contributed by atoms with van der Waals surface area (Å²) in [6.45, 7) is 4.72. The zero-order chi connectivity index (χ0) is 40.9. The molecule has 0 saturated heterocycles. The molecule has 61 heavy (non-hydrogen) atoms. The number of anilines is 6. The molecule has 2 nitrogen and oxygen atoms in total. The molecule has 11 rings (SSSR count). The van der Waals surface area contributed by atoms with E-state index < -0.39 is 0 Å². The normalized spacial score (nSPS) is 12.6. The number of nitrogens with zero attached hydrogens (tertiary/aromatic N) is 2. The van der Waals surface area contributed by atoms with Crippen molar-refractivity contribution in [1.82, 2.24) is 0 Å². The van der Waals surface area contributed by atoms with Crippen LogP contribution in [-0.2, 0) is 5.41 Å². The van der Waals surface area contributed by atoms with E-state index in [1.54, 1.807) is 0 Å². The molecule has 0 unspecified atom stereocenters. The van der Waals surface area contributed by atoms with E-state index in [0.29, 0.717) is 0 Å². The van der Waals surface area contributed by atoms with E-state index in [2.05, 4.69) is 254 Å². The first-order valence-corrected chi connectivity index (χ1v) is 21.2. The van der Waals surface area contributed by atoms with Crippen LogP contribution in [0.4, 0.5) is 34.1 Å². The van der Waals surface area contributed by atoms with E-state index >= 15 is 0 Å². The maximum atomic E-state index is 2.46. The van der Waals surface area contributed by atoms with Crippen molar-refractivity contribution in [3.8, 4) is 33.4 Å². The lowest BCUT2D eigenvalue weighted by atomic mass is 9.81. The van der Waals surface area contributed by atoms with Gasteiger partial charge in [0.1, 0.15) is 0 Å². The summed E-state index contributed by atoms with van der Waals surface area (Å²) < 4.78 is 0. The van der Waals surface area contributed by atoms with Gasteiger partial charge in [-0.3, -0.25) is 0 Å². The third kappa shape index (κ3) is 6.36. The standard InChI is InChI=1S/C59H44N2/c1-59(2)57-29-16-15-28-53(57)56-37-44-31-30-43-36-49(32-35-52(43)55(44)40-58(56)59)60(45-22-11-5-12-23-45)47-26-17-27-48(38-47)61(46-24-13-6-14-25-46)50-33-34-51(41-18-7-3-8-19-41)54(39-50)42-20-9-4-10-21-42/h3-40H,1-2H3. The van der Waals surface area contributed by atoms with Gasteiger partial charge >= 0.3 is 0 Å². The Kier molecular flexibility index (Phi) is 8.86. The predicted octanol–water partition coefficient (Wildman–Crippen LogP) is 16.6. The van der Waals surface area contributed by atoms with Crippen molar-refractivity contribution in [3.63, 3.8) is 0 Å². The molecular formula is C59H44N2. The highest BCUT2D eigenvalue weighted by atomic mass is 15.2. The quantitative estimate of drug-likeness (QED) is 0.142. The molecule has 0 aliphatic heterocycles. The Hall–Kier alpha value is -7.68. The first kappa shape index (κ1) is 36.4. The van der Waals surface area contributed by atoms with Crippen molar-refractivity contribution in [2.75, 3.05) is 9.80 Å². The minimum absolute atomic E-state index is 0.0575. The average Bonchev–Trinajstić information content (AvgIpc) is 3.54. The number of hydrogen-bond donors (Lipinski definition) is 0. The largest absolute Gasteiger partial charge is 0.310 e. The minimum Gasteiger partial charge on any atom is -0.310 e. The molecule has 10 aromatic carbocycles. The highest BCUT2D eigenvalue weighted by molar-refractivity contribution is 6.11. The summed E-state index contributed by atoms with van der Waals surface area (Å²) in [6.07, 6.45) is 0. The Labute approximate surface area is 358 Å². The Bertz CT molecular complexity index is 3210. The molecule has 1 aliphatic rings. The van der Waals surface area contributed by atoms with Gasteiger partial charge in [0.2, 0.25) is 0 Å². The maximum Gasteiger partial charge on any atom is 0.0482 e. The Balaban J connectivity index is 1.04. The second kappa shape index (κ2) is 14.9. The van der Waals surface area contributed by atoms with Gasteiger partial charge in [0.05, 0.1) is 0 Å². The van der Waals surface area contributed by atoms with Crippen LogP contribution in [0.15, 0.2) is 231 Å². The molecule has 0 spiro atoms. The summed E-state index contributed by atoms with van der Waals surface area (Å²) in [7, 11) is 0. The second-order valence-electron chi connectivity index (χ2n) is 16.6. The van der Waals surface area contributed by atoms with Crippen molar-refractivity contribution in [2.45, 2.75) is 19.3 Å². The molecular weight excluding hydrogens is 737 g/mol. The fourth-order valence-corrected chi connectivity index (χ4v) is 9.60. The van der Waals surface area contributed by atoms with Gasteiger partial charge in [-0.15, -0.1) is 0 Å². The van der Waals surface area contributed by atoms with Crippen LogP contribution in [0.3, 0.4) is 0 Å². The minimum atomic E-state index is -0.0575. The molecule has 0 amide bonds. The first-order chi connectivity index (χ1) is 30.0. The summed E-state index contributed by atoms with van der Waals surface area (Å²) in [5.41, 5.74) is 16.7. The highest BCUT2D eigenvalue weighted by Gasteiger charge is 2.35. The van der Waals surface area contributed by atoms with Gasteiger partial charge in [-0.1, -0.05) is 166 Å². The number of para-hydroxylation sites is 2. The van der Waals surface area contributed by atoms with Crippen LogP contribution in [-0.4, -0.2) is 0 Å². The lowest BCUT2D eigenvalue weighted by Gasteiger charge is -2.30. The van der Waals surface area contributed by atoms with Gasteiger partial charge in [-0.25, -0.2) is 0 Å². The van der Waals surface area contributed by atoms with Crippen molar-refractivity contribution in [2.24, 2.45) is 0 Å². The number of benzene rings is 10. The summed E-state index contributed by atoms with van der Waals surface area (Å²) >= 11 is 0. The summed E-state index contributed by atoms with van der Waals surface area (Å²) in [5, 5.41) is 5.05. The smallest absolute Gasteiger partial charge is 0.0482 e. The molecule has 1 aliphatic carbocycles. The second-order valence-corrected chi connectivity index (χ2v) is 16.6. The lowest BCUT2D eigenvalue weighted by Crippen LogP contribution is -2.14. The van der Waals surface area contributed by atoms with E-state index in [0.717, 1.165) is 34.1 Å². The molecule has 0 bridgehead atoms. The van der Waals surface area contributed by atoms with Gasteiger partial charge < -0.3 is 9.80 Å². The third-order valence-corrected chi connectivity index (χ3v) is 12.6. The van der Waals surface area contributed by atoms with Crippen LogP contribution in [0, 0.1) is 0 Å². The summed E-state index contributed by atoms with van der Waals surface area (Å²) in [6, 6.07) is 84.0. The average molecular weight is 781 g/mol. The maximum absolute atomic E-state index is 2.46. The highest BCUT2D eigenvalue weighted by Crippen LogP contribution is 2.51. The van der Waals surface area contributed by atoms with E-state index in [1.165, 1.54) is 66.1 Å². The first-order valence-electron chi connectivity index (χ1n) is 21.2. The zero-order valence-corrected chi connectivity index (χ0v) is 34.3. The molecule has 0 radical (unpaired) electrons. The number of fused-ring (bicyclic) bond motifs is 6. The molecule has 0 aromatic heterocycles. The summed E-state index contributed by atoms with van der Waals surface area (Å²) in [4.78, 5) is 4.76. The monoisotopic (exact) mass is 780 g/mol. The van der Waals surface area contributed by atoms with Gasteiger partial charge in [-0.2, -0.15) is 0 Å². The Morgan fingerprint density at radius 3 is 1.41 bits per heavy atom. The number of rotatable bonds is 8. The van der Waals surface area contributed by atoms with Crippen LogP contribution in [0.25, 0.3) is 54.9 Å². The predicted molar refractivity (Wildman–Crippen MR) is 259 cm³/mol. The molecule has 2 heteroatoms. The molecule has 0 atom stereocenters. The van der Waals surface area contributed by atoms with Crippen molar-refractivity contribution in [1.29, 1.82) is 0 Å². The topological polar surface area (TPSA) is 6.48 Å². The van der Waals surface area contributed by atoms with E-state index in [1.807, 2.05) is 0 Å². The van der Waals surface area contributed by atoms with Crippen LogP contribution >= 0.6 is 0 Å². The summed E-state index contributed by atoms with van der Waals surface area (Å²) in [5.74, 6) is 0. The van der Waals surface area contributed by atoms with Crippen molar-refractivity contribution >= 4 is 55.7 Å². The van der Waals surface area contributed by atoms with E-state index in [9.17, 15) is 0 Å². The molecule has 290 valence electrons. The molecule has 0 N–H and O–H groups in total. The molecule has 0 fully saturated rings. The van der Waals surface area contributed by atoms with E-state index in [4.69, 9.17) is 0 Å². The lowest BCUT2D eigenvalue weighted by molar-refractivity contribution is 0.661. The number of hydrogen-bond acceptors (Lipinski definition) is 2. The fourth-order valence-electron chi connectivity index (χ4n) is 9.60. The Morgan fingerprint density at radius 1 is 0.279 bits per heavy atom. The Morgan fingerprint density at radius 2 is 0.770 bits per heavy atom. The fraction of sp³-hybridized carbons (Fsp3) is 0.0508. The van der Waals surface area contributed by atoms with Crippen molar-refractivity contribution in [3.05, 3.63) is 242 Å². The molecule has 10 aromatic rings. The van der Waals surface area contributed by atoms with Crippen molar-refractivity contribution < 1.29 is 0 Å². The third-order valence-electron chi connectivity index (χ3n) is 12.6. The van der Waals surface area contributed by atoms with Gasteiger partial charge in [-0.05, 0) is 145 Å². The SMILES string of the molecule is CC1(C)c2ccccc2-c2cc3ccc4cc(N(c5ccccc5)c5cccc(N(c6ccccc6)c6ccc(-c7ccccc7)c(-c7ccccc7)c6)c5)ccc4c3cc21. The van der Waals surface area contributed by atoms with Crippen LogP contribution in [0.2, 0.25) is 0 Å². The van der Waals surface area contributed by atoms with Gasteiger partial charge in [0, 0.05) is 39.5 Å². The van der Waals surface area contributed by atoms with Crippen LogP contribution in [0.1, 0.15) is 25.0 Å². The molecule has 0 heterocycles. The van der Waals surface area contributed by atoms with Crippen LogP contribution < -0.4 is 9.80 Å². The zero-order valence-electron chi connectivity index (χ0n) is 34.3. The molecule has 0 saturated carbocycles. The van der Waals surface area contributed by atoms with E-state index in [-0.39, 0.29) is 5.41 Å². The van der Waals surface area contributed by atoms with Crippen LogP contribution in [0.5, 0.6) is 0 Å².